The summed E-state index contributed by atoms with van der Waals surface area (Å²) in [7, 11) is 1.82. The number of amides is 1. The second-order valence-corrected chi connectivity index (χ2v) is 7.21. The lowest BCUT2D eigenvalue weighted by molar-refractivity contribution is 0.0743. The van der Waals surface area contributed by atoms with Crippen molar-refractivity contribution in [2.24, 2.45) is 0 Å². The smallest absolute Gasteiger partial charge is 0.254 e. The lowest BCUT2D eigenvalue weighted by Gasteiger charge is -2.25. The van der Waals surface area contributed by atoms with Crippen LogP contribution in [0.4, 0.5) is 5.69 Å². The van der Waals surface area contributed by atoms with Crippen LogP contribution in [0.3, 0.4) is 0 Å². The highest BCUT2D eigenvalue weighted by atomic mass is 127. The van der Waals surface area contributed by atoms with E-state index in [1.807, 2.05) is 49.7 Å². The van der Waals surface area contributed by atoms with Gasteiger partial charge in [0.05, 0.1) is 14.5 Å². The third kappa shape index (κ3) is 3.27. The van der Waals surface area contributed by atoms with Crippen molar-refractivity contribution < 1.29 is 4.79 Å². The molecule has 0 aliphatic carbocycles. The first-order valence-corrected chi connectivity index (χ1v) is 7.81. The standard InChI is InChI=1S/C14H15IN2OS/c1-9(10-4-3-5-12(16)6-10)17(2)14(18)11-7-13(15)19-8-11/h3-9H,16H2,1-2H3. The molecule has 0 fully saturated rings. The minimum absolute atomic E-state index is 0.00596. The number of carbonyl (C=O) groups excluding carboxylic acids is 1. The number of thiophene rings is 1. The molecular formula is C14H15IN2OS. The Morgan fingerprint density at radius 1 is 1.42 bits per heavy atom. The number of nitrogens with two attached hydrogens (primary N) is 1. The molecule has 2 aromatic rings. The summed E-state index contributed by atoms with van der Waals surface area (Å²) in [5.41, 5.74) is 8.29. The van der Waals surface area contributed by atoms with Crippen molar-refractivity contribution in [1.82, 2.24) is 4.90 Å². The second-order valence-electron chi connectivity index (χ2n) is 4.40. The molecule has 0 aliphatic heterocycles. The van der Waals surface area contributed by atoms with Gasteiger partial charge in [0.2, 0.25) is 0 Å². The van der Waals surface area contributed by atoms with Gasteiger partial charge in [0, 0.05) is 18.1 Å². The average Bonchev–Trinajstić information content (AvgIpc) is 2.83. The van der Waals surface area contributed by atoms with Crippen molar-refractivity contribution >= 4 is 45.5 Å². The fourth-order valence-electron chi connectivity index (χ4n) is 1.84. The number of rotatable bonds is 3. The van der Waals surface area contributed by atoms with Crippen LogP contribution in [-0.2, 0) is 0 Å². The molecule has 100 valence electrons. The van der Waals surface area contributed by atoms with E-state index in [0.29, 0.717) is 0 Å². The van der Waals surface area contributed by atoms with Crippen LogP contribution in [0.25, 0.3) is 0 Å². The number of hydrogen-bond donors (Lipinski definition) is 1. The van der Waals surface area contributed by atoms with Gasteiger partial charge in [-0.1, -0.05) is 12.1 Å². The first-order chi connectivity index (χ1) is 8.99. The van der Waals surface area contributed by atoms with Gasteiger partial charge in [0.1, 0.15) is 0 Å². The fourth-order valence-corrected chi connectivity index (χ4v) is 3.16. The molecule has 1 unspecified atom stereocenters. The van der Waals surface area contributed by atoms with E-state index < -0.39 is 0 Å². The topological polar surface area (TPSA) is 46.3 Å². The monoisotopic (exact) mass is 386 g/mol. The highest BCUT2D eigenvalue weighted by Gasteiger charge is 2.19. The number of carbonyl (C=O) groups is 1. The van der Waals surface area contributed by atoms with Crippen LogP contribution in [-0.4, -0.2) is 17.9 Å². The Hall–Kier alpha value is -1.08. The van der Waals surface area contributed by atoms with E-state index in [2.05, 4.69) is 22.6 Å². The molecule has 2 N–H and O–H groups in total. The zero-order chi connectivity index (χ0) is 14.0. The summed E-state index contributed by atoms with van der Waals surface area (Å²) in [6.07, 6.45) is 0. The predicted molar refractivity (Wildman–Crippen MR) is 88.4 cm³/mol. The van der Waals surface area contributed by atoms with Crippen molar-refractivity contribution in [2.75, 3.05) is 12.8 Å². The maximum Gasteiger partial charge on any atom is 0.254 e. The Labute approximate surface area is 130 Å². The third-order valence-electron chi connectivity index (χ3n) is 3.11. The molecule has 1 aromatic heterocycles. The van der Waals surface area contributed by atoms with Crippen LogP contribution < -0.4 is 5.73 Å². The molecule has 1 heterocycles. The Kier molecular flexibility index (Phi) is 4.46. The van der Waals surface area contributed by atoms with E-state index in [1.165, 1.54) is 0 Å². The molecular weight excluding hydrogens is 371 g/mol. The van der Waals surface area contributed by atoms with Gasteiger partial charge in [0.25, 0.3) is 5.91 Å². The molecule has 2 rings (SSSR count). The summed E-state index contributed by atoms with van der Waals surface area (Å²) in [5, 5.41) is 1.90. The van der Waals surface area contributed by atoms with Crippen molar-refractivity contribution in [1.29, 1.82) is 0 Å². The minimum atomic E-state index is -0.00596. The van der Waals surface area contributed by atoms with Crippen LogP contribution in [0.15, 0.2) is 35.7 Å². The first kappa shape index (κ1) is 14.3. The lowest BCUT2D eigenvalue weighted by atomic mass is 10.1. The molecule has 0 spiro atoms. The van der Waals surface area contributed by atoms with E-state index in [9.17, 15) is 4.79 Å². The normalized spacial score (nSPS) is 12.2. The van der Waals surface area contributed by atoms with Crippen LogP contribution in [0.2, 0.25) is 0 Å². The van der Waals surface area contributed by atoms with Gasteiger partial charge in [-0.15, -0.1) is 11.3 Å². The van der Waals surface area contributed by atoms with Crippen molar-refractivity contribution in [3.05, 3.63) is 49.7 Å². The number of nitrogen functional groups attached to an aromatic ring is 1. The third-order valence-corrected chi connectivity index (χ3v) is 4.90. The average molecular weight is 386 g/mol. The van der Waals surface area contributed by atoms with Gasteiger partial charge in [-0.2, -0.15) is 0 Å². The Balaban J connectivity index is 2.19. The summed E-state index contributed by atoms with van der Waals surface area (Å²) in [5.74, 6) is 0.0362. The highest BCUT2D eigenvalue weighted by molar-refractivity contribution is 14.1. The number of benzene rings is 1. The maximum absolute atomic E-state index is 12.4. The Bertz CT molecular complexity index is 597. The SMILES string of the molecule is CC(c1cccc(N)c1)N(C)C(=O)c1csc(I)c1. The van der Waals surface area contributed by atoms with Crippen LogP contribution in [0, 0.1) is 2.88 Å². The molecule has 3 nitrogen and oxygen atoms in total. The summed E-state index contributed by atoms with van der Waals surface area (Å²) in [6, 6.07) is 9.56. The summed E-state index contributed by atoms with van der Waals surface area (Å²) in [4.78, 5) is 14.1. The molecule has 0 saturated carbocycles. The second kappa shape index (κ2) is 5.92. The molecule has 5 heteroatoms. The van der Waals surface area contributed by atoms with E-state index >= 15 is 0 Å². The van der Waals surface area contributed by atoms with Gasteiger partial charge in [-0.25, -0.2) is 0 Å². The molecule has 0 radical (unpaired) electrons. The summed E-state index contributed by atoms with van der Waals surface area (Å²) < 4.78 is 1.12. The van der Waals surface area contributed by atoms with Crippen molar-refractivity contribution in [3.8, 4) is 0 Å². The Morgan fingerprint density at radius 2 is 2.16 bits per heavy atom. The van der Waals surface area contributed by atoms with E-state index in [4.69, 9.17) is 5.73 Å². The maximum atomic E-state index is 12.4. The van der Waals surface area contributed by atoms with E-state index in [0.717, 1.165) is 19.7 Å². The largest absolute Gasteiger partial charge is 0.399 e. The van der Waals surface area contributed by atoms with Crippen molar-refractivity contribution in [2.45, 2.75) is 13.0 Å². The number of hydrogen-bond acceptors (Lipinski definition) is 3. The van der Waals surface area contributed by atoms with Gasteiger partial charge in [-0.05, 0) is 53.3 Å². The number of anilines is 1. The van der Waals surface area contributed by atoms with Crippen molar-refractivity contribution in [3.63, 3.8) is 0 Å². The highest BCUT2D eigenvalue weighted by Crippen LogP contribution is 2.24. The zero-order valence-electron chi connectivity index (χ0n) is 10.8. The molecule has 1 aromatic carbocycles. The summed E-state index contributed by atoms with van der Waals surface area (Å²) >= 11 is 3.80. The summed E-state index contributed by atoms with van der Waals surface area (Å²) in [6.45, 7) is 2.00. The molecule has 19 heavy (non-hydrogen) atoms. The van der Waals surface area contributed by atoms with Crippen LogP contribution >= 0.6 is 33.9 Å². The Morgan fingerprint density at radius 3 is 2.74 bits per heavy atom. The van der Waals surface area contributed by atoms with Gasteiger partial charge < -0.3 is 10.6 Å². The van der Waals surface area contributed by atoms with Crippen LogP contribution in [0.1, 0.15) is 28.9 Å². The van der Waals surface area contributed by atoms with Crippen LogP contribution in [0.5, 0.6) is 0 Å². The fraction of sp³-hybridized carbons (Fsp3) is 0.214. The quantitative estimate of drug-likeness (QED) is 0.645. The zero-order valence-corrected chi connectivity index (χ0v) is 13.7. The first-order valence-electron chi connectivity index (χ1n) is 5.85. The minimum Gasteiger partial charge on any atom is -0.399 e. The predicted octanol–water partition coefficient (Wildman–Crippen LogP) is 3.77. The lowest BCUT2D eigenvalue weighted by Crippen LogP contribution is -2.29. The van der Waals surface area contributed by atoms with Gasteiger partial charge in [-0.3, -0.25) is 4.79 Å². The van der Waals surface area contributed by atoms with Gasteiger partial charge in [0.15, 0.2) is 0 Å². The van der Waals surface area contributed by atoms with Gasteiger partial charge >= 0.3 is 0 Å². The number of nitrogens with zero attached hydrogens (tertiary/aromatic N) is 1. The molecule has 1 amide bonds. The molecule has 0 aliphatic rings. The van der Waals surface area contributed by atoms with E-state index in [-0.39, 0.29) is 11.9 Å². The molecule has 1 atom stereocenters. The number of halogens is 1. The molecule has 0 saturated heterocycles. The van der Waals surface area contributed by atoms with E-state index in [1.54, 1.807) is 16.2 Å². The molecule has 0 bridgehead atoms.